The number of fused-ring (bicyclic) bond motifs is 1. The summed E-state index contributed by atoms with van der Waals surface area (Å²) in [5.41, 5.74) is 1.59. The zero-order valence-electron chi connectivity index (χ0n) is 9.35. The minimum atomic E-state index is -4.20. The van der Waals surface area contributed by atoms with E-state index in [4.69, 9.17) is 0 Å². The molecule has 1 heterocycles. The quantitative estimate of drug-likeness (QED) is 0.765. The lowest BCUT2D eigenvalue weighted by atomic mass is 9.82. The molecule has 2 rings (SSSR count). The van der Waals surface area contributed by atoms with Crippen LogP contribution >= 0.6 is 0 Å². The molecule has 5 heteroatoms. The molecule has 0 radical (unpaired) electrons. The summed E-state index contributed by atoms with van der Waals surface area (Å²) in [5, 5.41) is 0. The Hall–Kier alpha value is -1.20. The minimum Gasteiger partial charge on any atom is -0.282 e. The topological polar surface area (TPSA) is 66.7 Å². The number of hydrogen-bond acceptors (Lipinski definition) is 3. The molecule has 1 aliphatic rings. The lowest BCUT2D eigenvalue weighted by molar-refractivity contribution is 0.480. The van der Waals surface area contributed by atoms with E-state index in [2.05, 4.69) is 4.99 Å². The van der Waals surface area contributed by atoms with Crippen LogP contribution in [-0.4, -0.2) is 18.7 Å². The van der Waals surface area contributed by atoms with Gasteiger partial charge in [0, 0.05) is 16.7 Å². The van der Waals surface area contributed by atoms with E-state index in [-0.39, 0.29) is 4.90 Å². The van der Waals surface area contributed by atoms with Gasteiger partial charge in [0.2, 0.25) is 0 Å². The van der Waals surface area contributed by atoms with Gasteiger partial charge in [0.05, 0.1) is 5.69 Å². The van der Waals surface area contributed by atoms with Crippen molar-refractivity contribution in [1.29, 1.82) is 0 Å². The highest BCUT2D eigenvalue weighted by Crippen LogP contribution is 2.43. The Balaban J connectivity index is 2.81. The van der Waals surface area contributed by atoms with Gasteiger partial charge in [0.25, 0.3) is 10.1 Å². The Morgan fingerprint density at radius 3 is 2.50 bits per heavy atom. The second kappa shape index (κ2) is 3.15. The Bertz CT molecular complexity index is 585. The van der Waals surface area contributed by atoms with Crippen LogP contribution in [0.2, 0.25) is 0 Å². The van der Waals surface area contributed by atoms with Crippen LogP contribution in [0, 0.1) is 0 Å². The van der Waals surface area contributed by atoms with Crippen molar-refractivity contribution in [2.24, 2.45) is 4.99 Å². The van der Waals surface area contributed by atoms with Crippen molar-refractivity contribution in [3.8, 4) is 0 Å². The number of benzene rings is 1. The predicted octanol–water partition coefficient (Wildman–Crippen LogP) is 2.32. The fourth-order valence-electron chi connectivity index (χ4n) is 1.96. The molecule has 1 N–H and O–H groups in total. The minimum absolute atomic E-state index is 0.0457. The predicted molar refractivity (Wildman–Crippen MR) is 62.1 cm³/mol. The lowest BCUT2D eigenvalue weighted by Gasteiger charge is -2.21. The molecular formula is C11H13NO3S. The van der Waals surface area contributed by atoms with Gasteiger partial charge in [-0.1, -0.05) is 19.9 Å². The Morgan fingerprint density at radius 2 is 1.94 bits per heavy atom. The largest absolute Gasteiger partial charge is 0.294 e. The monoisotopic (exact) mass is 239 g/mol. The van der Waals surface area contributed by atoms with Crippen LogP contribution in [0.5, 0.6) is 0 Å². The van der Waals surface area contributed by atoms with E-state index in [0.29, 0.717) is 11.3 Å². The smallest absolute Gasteiger partial charge is 0.282 e. The number of rotatable bonds is 1. The molecule has 1 aromatic rings. The summed E-state index contributed by atoms with van der Waals surface area (Å²) in [5.74, 6) is 0. The van der Waals surface area contributed by atoms with Gasteiger partial charge in [-0.3, -0.25) is 9.55 Å². The summed E-state index contributed by atoms with van der Waals surface area (Å²) in [7, 11) is -4.20. The first kappa shape index (κ1) is 11.3. The van der Waals surface area contributed by atoms with Gasteiger partial charge < -0.3 is 0 Å². The van der Waals surface area contributed by atoms with Crippen LogP contribution < -0.4 is 0 Å². The average molecular weight is 239 g/mol. The lowest BCUT2D eigenvalue weighted by Crippen LogP contribution is -2.25. The highest BCUT2D eigenvalue weighted by molar-refractivity contribution is 7.85. The van der Waals surface area contributed by atoms with Crippen molar-refractivity contribution in [1.82, 2.24) is 0 Å². The molecule has 4 nitrogen and oxygen atoms in total. The van der Waals surface area contributed by atoms with E-state index in [9.17, 15) is 13.0 Å². The highest BCUT2D eigenvalue weighted by Gasteiger charge is 2.37. The number of hydrogen-bond donors (Lipinski definition) is 1. The van der Waals surface area contributed by atoms with Crippen LogP contribution in [0.4, 0.5) is 5.69 Å². The first-order chi connectivity index (χ1) is 7.24. The third kappa shape index (κ3) is 1.47. The molecule has 0 fully saturated rings. The number of aliphatic imine (C=N–C) groups is 1. The summed E-state index contributed by atoms with van der Waals surface area (Å²) in [6.45, 7) is 5.65. The van der Waals surface area contributed by atoms with Crippen molar-refractivity contribution >= 4 is 21.5 Å². The SMILES string of the molecule is CC1=Nc2cccc(S(=O)(=O)O)c2C1(C)C. The van der Waals surface area contributed by atoms with Crippen molar-refractivity contribution in [3.05, 3.63) is 23.8 Å². The molecule has 0 atom stereocenters. The first-order valence-electron chi connectivity index (χ1n) is 4.91. The Labute approximate surface area is 94.8 Å². The molecule has 0 bridgehead atoms. The maximum absolute atomic E-state index is 11.3. The zero-order chi connectivity index (χ0) is 12.1. The summed E-state index contributed by atoms with van der Waals surface area (Å²) < 4.78 is 31.8. The standard InChI is InChI=1S/C11H13NO3S/c1-7-11(2,3)10-8(12-7)5-4-6-9(10)16(13,14)15/h4-6H,1-3H3,(H,13,14,15). The first-order valence-corrected chi connectivity index (χ1v) is 6.35. The third-order valence-corrected chi connectivity index (χ3v) is 4.00. The molecule has 0 aromatic heterocycles. The summed E-state index contributed by atoms with van der Waals surface area (Å²) >= 11 is 0. The second-order valence-electron chi connectivity index (χ2n) is 4.45. The average Bonchev–Trinajstić information content (AvgIpc) is 2.37. The molecule has 1 aliphatic heterocycles. The van der Waals surface area contributed by atoms with Gasteiger partial charge in [-0.2, -0.15) is 8.42 Å². The number of nitrogens with zero attached hydrogens (tertiary/aromatic N) is 1. The molecule has 0 aliphatic carbocycles. The van der Waals surface area contributed by atoms with Crippen LogP contribution in [0.1, 0.15) is 26.3 Å². The Kier molecular flexibility index (Phi) is 2.22. The van der Waals surface area contributed by atoms with E-state index in [0.717, 1.165) is 5.71 Å². The van der Waals surface area contributed by atoms with Gasteiger partial charge >= 0.3 is 0 Å². The van der Waals surface area contributed by atoms with Crippen LogP contribution in [0.3, 0.4) is 0 Å². The summed E-state index contributed by atoms with van der Waals surface area (Å²) in [4.78, 5) is 4.27. The van der Waals surface area contributed by atoms with Crippen molar-refractivity contribution < 1.29 is 13.0 Å². The maximum atomic E-state index is 11.3. The molecule has 86 valence electrons. The fraction of sp³-hybridized carbons (Fsp3) is 0.364. The van der Waals surface area contributed by atoms with Gasteiger partial charge in [0.1, 0.15) is 4.90 Å². The van der Waals surface area contributed by atoms with E-state index in [1.54, 1.807) is 12.1 Å². The molecular weight excluding hydrogens is 226 g/mol. The van der Waals surface area contributed by atoms with Crippen LogP contribution in [0.15, 0.2) is 28.1 Å². The van der Waals surface area contributed by atoms with E-state index >= 15 is 0 Å². The molecule has 0 spiro atoms. The van der Waals surface area contributed by atoms with Gasteiger partial charge in [-0.05, 0) is 19.1 Å². The van der Waals surface area contributed by atoms with Crippen molar-refractivity contribution in [3.63, 3.8) is 0 Å². The fourth-order valence-corrected chi connectivity index (χ4v) is 2.83. The molecule has 1 aromatic carbocycles. The molecule has 0 amide bonds. The zero-order valence-corrected chi connectivity index (χ0v) is 10.2. The second-order valence-corrected chi connectivity index (χ2v) is 5.84. The normalized spacial score (nSPS) is 18.1. The highest BCUT2D eigenvalue weighted by atomic mass is 32.2. The van der Waals surface area contributed by atoms with E-state index in [1.807, 2.05) is 20.8 Å². The van der Waals surface area contributed by atoms with Crippen molar-refractivity contribution in [2.45, 2.75) is 31.1 Å². The van der Waals surface area contributed by atoms with Gasteiger partial charge in [-0.25, -0.2) is 0 Å². The van der Waals surface area contributed by atoms with Gasteiger partial charge in [-0.15, -0.1) is 0 Å². The van der Waals surface area contributed by atoms with E-state index in [1.165, 1.54) is 6.07 Å². The molecule has 0 saturated heterocycles. The summed E-state index contributed by atoms with van der Waals surface area (Å²) in [6, 6.07) is 4.74. The van der Waals surface area contributed by atoms with Gasteiger partial charge in [0.15, 0.2) is 0 Å². The Morgan fingerprint density at radius 1 is 1.31 bits per heavy atom. The maximum Gasteiger partial charge on any atom is 0.294 e. The molecule has 0 unspecified atom stereocenters. The van der Waals surface area contributed by atoms with E-state index < -0.39 is 15.5 Å². The summed E-state index contributed by atoms with van der Waals surface area (Å²) in [6.07, 6.45) is 0. The molecule has 16 heavy (non-hydrogen) atoms. The molecule has 0 saturated carbocycles. The third-order valence-electron chi connectivity index (χ3n) is 3.10. The van der Waals surface area contributed by atoms with Crippen LogP contribution in [-0.2, 0) is 15.5 Å². The van der Waals surface area contributed by atoms with Crippen LogP contribution in [0.25, 0.3) is 0 Å². The van der Waals surface area contributed by atoms with Crippen molar-refractivity contribution in [2.75, 3.05) is 0 Å².